The van der Waals surface area contributed by atoms with Gasteiger partial charge in [0.1, 0.15) is 24.4 Å². The summed E-state index contributed by atoms with van der Waals surface area (Å²) in [5.41, 5.74) is 6.43. The first kappa shape index (κ1) is 21.4. The molecule has 0 aliphatic carbocycles. The average Bonchev–Trinajstić information content (AvgIpc) is 2.75. The van der Waals surface area contributed by atoms with Gasteiger partial charge in [0, 0.05) is 11.1 Å². The molecule has 2 heterocycles. The fraction of sp³-hybridized carbons (Fsp3) is 0.500. The maximum Gasteiger partial charge on any atom is 0.184 e. The summed E-state index contributed by atoms with van der Waals surface area (Å²) in [6.45, 7) is 8.07. The summed E-state index contributed by atoms with van der Waals surface area (Å²) in [5, 5.41) is 20.1. The summed E-state index contributed by atoms with van der Waals surface area (Å²) in [7, 11) is 0. The Labute approximate surface area is 177 Å². The van der Waals surface area contributed by atoms with Crippen LogP contribution in [0.15, 0.2) is 36.4 Å². The first-order valence-electron chi connectivity index (χ1n) is 10.4. The number of hydrogen-bond acceptors (Lipinski definition) is 6. The lowest BCUT2D eigenvalue weighted by Gasteiger charge is -2.47. The van der Waals surface area contributed by atoms with Crippen molar-refractivity contribution in [2.75, 3.05) is 13.2 Å². The minimum atomic E-state index is -1.09. The molecule has 2 fully saturated rings. The number of aryl methyl sites for hydroxylation is 4. The highest BCUT2D eigenvalue weighted by Gasteiger charge is 2.48. The van der Waals surface area contributed by atoms with E-state index in [-0.39, 0.29) is 0 Å². The van der Waals surface area contributed by atoms with Crippen molar-refractivity contribution in [1.82, 2.24) is 0 Å². The Kier molecular flexibility index (Phi) is 6.25. The molecule has 2 aliphatic rings. The molecule has 2 saturated heterocycles. The van der Waals surface area contributed by atoms with Gasteiger partial charge in [-0.25, -0.2) is 0 Å². The molecular weight excluding hydrogens is 384 g/mol. The minimum Gasteiger partial charge on any atom is -0.394 e. The zero-order chi connectivity index (χ0) is 21.4. The van der Waals surface area contributed by atoms with Crippen molar-refractivity contribution in [2.45, 2.75) is 64.7 Å². The van der Waals surface area contributed by atoms with Crippen LogP contribution in [0.3, 0.4) is 0 Å². The van der Waals surface area contributed by atoms with Crippen LogP contribution in [-0.4, -0.2) is 47.8 Å². The van der Waals surface area contributed by atoms with Gasteiger partial charge in [-0.15, -0.1) is 0 Å². The normalized spacial score (nSPS) is 30.0. The molecular formula is C24H30O6. The van der Waals surface area contributed by atoms with Gasteiger partial charge in [0.15, 0.2) is 12.6 Å². The SMILES string of the molecule is Cc1ccc(C2OC[C@@H]3OC(c4ccc(C)c(C)c4)O[C@H](C(O)CO)[C@@H]3O2)cc1C. The van der Waals surface area contributed by atoms with Crippen LogP contribution >= 0.6 is 0 Å². The molecule has 162 valence electrons. The topological polar surface area (TPSA) is 77.4 Å². The second kappa shape index (κ2) is 8.75. The van der Waals surface area contributed by atoms with Crippen molar-refractivity contribution in [3.8, 4) is 0 Å². The molecule has 0 amide bonds. The van der Waals surface area contributed by atoms with E-state index >= 15 is 0 Å². The molecule has 3 unspecified atom stereocenters. The van der Waals surface area contributed by atoms with Gasteiger partial charge in [0.05, 0.1) is 13.2 Å². The molecule has 0 radical (unpaired) electrons. The third kappa shape index (κ3) is 4.17. The molecule has 2 aromatic carbocycles. The summed E-state index contributed by atoms with van der Waals surface area (Å²) in [4.78, 5) is 0. The van der Waals surface area contributed by atoms with E-state index in [0.717, 1.165) is 22.3 Å². The van der Waals surface area contributed by atoms with Gasteiger partial charge in [0.25, 0.3) is 0 Å². The monoisotopic (exact) mass is 414 g/mol. The Morgan fingerprint density at radius 2 is 1.43 bits per heavy atom. The number of benzene rings is 2. The zero-order valence-corrected chi connectivity index (χ0v) is 17.9. The lowest BCUT2D eigenvalue weighted by atomic mass is 9.98. The maximum absolute atomic E-state index is 10.5. The van der Waals surface area contributed by atoms with Crippen LogP contribution in [0.1, 0.15) is 46.0 Å². The molecule has 2 N–H and O–H groups in total. The summed E-state index contributed by atoms with van der Waals surface area (Å²) in [6.07, 6.45) is -4.05. The number of ether oxygens (including phenoxy) is 4. The van der Waals surface area contributed by atoms with Crippen LogP contribution < -0.4 is 0 Å². The van der Waals surface area contributed by atoms with Gasteiger partial charge < -0.3 is 29.2 Å². The van der Waals surface area contributed by atoms with E-state index in [4.69, 9.17) is 18.9 Å². The van der Waals surface area contributed by atoms with E-state index in [2.05, 4.69) is 6.92 Å². The van der Waals surface area contributed by atoms with E-state index in [9.17, 15) is 10.2 Å². The summed E-state index contributed by atoms with van der Waals surface area (Å²) in [5.74, 6) is 0. The third-order valence-corrected chi connectivity index (χ3v) is 6.13. The molecule has 0 aromatic heterocycles. The van der Waals surface area contributed by atoms with Crippen molar-refractivity contribution >= 4 is 0 Å². The second-order valence-corrected chi connectivity index (χ2v) is 8.31. The van der Waals surface area contributed by atoms with Crippen LogP contribution in [0, 0.1) is 27.7 Å². The number of hydrogen-bond donors (Lipinski definition) is 2. The van der Waals surface area contributed by atoms with Gasteiger partial charge in [-0.05, 0) is 49.9 Å². The molecule has 0 spiro atoms. The Balaban J connectivity index is 1.57. The van der Waals surface area contributed by atoms with E-state index in [1.807, 2.05) is 57.2 Å². The predicted octanol–water partition coefficient (Wildman–Crippen LogP) is 3.17. The minimum absolute atomic E-state index is 0.307. The molecule has 6 heteroatoms. The summed E-state index contributed by atoms with van der Waals surface area (Å²) < 4.78 is 24.4. The second-order valence-electron chi connectivity index (χ2n) is 8.31. The molecule has 0 bridgehead atoms. The van der Waals surface area contributed by atoms with Gasteiger partial charge in [0.2, 0.25) is 0 Å². The van der Waals surface area contributed by atoms with E-state index in [1.54, 1.807) is 0 Å². The van der Waals surface area contributed by atoms with Crippen molar-refractivity contribution in [1.29, 1.82) is 0 Å². The smallest absolute Gasteiger partial charge is 0.184 e. The number of fused-ring (bicyclic) bond motifs is 1. The fourth-order valence-electron chi connectivity index (χ4n) is 3.93. The van der Waals surface area contributed by atoms with Crippen LogP contribution in [0.5, 0.6) is 0 Å². The highest BCUT2D eigenvalue weighted by atomic mass is 16.8. The van der Waals surface area contributed by atoms with Crippen LogP contribution in [-0.2, 0) is 18.9 Å². The van der Waals surface area contributed by atoms with Gasteiger partial charge in [-0.3, -0.25) is 0 Å². The maximum atomic E-state index is 10.5. The van der Waals surface area contributed by atoms with Gasteiger partial charge >= 0.3 is 0 Å². The molecule has 2 aromatic rings. The highest BCUT2D eigenvalue weighted by Crippen LogP contribution is 2.39. The zero-order valence-electron chi connectivity index (χ0n) is 17.9. The molecule has 30 heavy (non-hydrogen) atoms. The number of aliphatic hydroxyl groups excluding tert-OH is 2. The third-order valence-electron chi connectivity index (χ3n) is 6.13. The van der Waals surface area contributed by atoms with Crippen LogP contribution in [0.25, 0.3) is 0 Å². The Hall–Kier alpha value is -1.80. The Morgan fingerprint density at radius 1 is 0.833 bits per heavy atom. The lowest BCUT2D eigenvalue weighted by Crippen LogP contribution is -2.58. The van der Waals surface area contributed by atoms with Crippen molar-refractivity contribution in [3.63, 3.8) is 0 Å². The number of rotatable bonds is 4. The first-order chi connectivity index (χ1) is 14.4. The Morgan fingerprint density at radius 3 is 2.00 bits per heavy atom. The van der Waals surface area contributed by atoms with Crippen LogP contribution in [0.4, 0.5) is 0 Å². The number of aliphatic hydroxyl groups is 2. The largest absolute Gasteiger partial charge is 0.394 e. The highest BCUT2D eigenvalue weighted by molar-refractivity contribution is 5.32. The predicted molar refractivity (Wildman–Crippen MR) is 111 cm³/mol. The standard InChI is InChI=1S/C24H30O6/c1-13-5-7-17(9-15(13)3)23-27-12-20-22(30-23)21(19(26)11-25)29-24(28-20)18-8-6-14(2)16(4)10-18/h5-10,19-26H,11-12H2,1-4H3/t19?,20-,21+,22+,23?,24?/m0/s1. The summed E-state index contributed by atoms with van der Waals surface area (Å²) >= 11 is 0. The van der Waals surface area contributed by atoms with Crippen molar-refractivity contribution in [2.24, 2.45) is 0 Å². The summed E-state index contributed by atoms with van der Waals surface area (Å²) in [6, 6.07) is 12.1. The molecule has 4 rings (SSSR count). The molecule has 6 atom stereocenters. The quantitative estimate of drug-likeness (QED) is 0.800. The molecule has 6 nitrogen and oxygen atoms in total. The van der Waals surface area contributed by atoms with Gasteiger partial charge in [-0.2, -0.15) is 0 Å². The average molecular weight is 414 g/mol. The van der Waals surface area contributed by atoms with Crippen molar-refractivity contribution < 1.29 is 29.2 Å². The van der Waals surface area contributed by atoms with E-state index in [0.29, 0.717) is 6.61 Å². The van der Waals surface area contributed by atoms with Crippen molar-refractivity contribution in [3.05, 3.63) is 69.8 Å². The first-order valence-corrected chi connectivity index (χ1v) is 10.4. The van der Waals surface area contributed by atoms with Gasteiger partial charge in [-0.1, -0.05) is 36.4 Å². The Bertz CT molecular complexity index is 895. The molecule has 2 aliphatic heterocycles. The van der Waals surface area contributed by atoms with Crippen LogP contribution in [0.2, 0.25) is 0 Å². The van der Waals surface area contributed by atoms with E-state index < -0.39 is 43.6 Å². The lowest BCUT2D eigenvalue weighted by molar-refractivity contribution is -0.373. The van der Waals surface area contributed by atoms with E-state index in [1.165, 1.54) is 11.1 Å². The fourth-order valence-corrected chi connectivity index (χ4v) is 3.93. The molecule has 0 saturated carbocycles.